The highest BCUT2D eigenvalue weighted by molar-refractivity contribution is 7.99. The third-order valence-electron chi connectivity index (χ3n) is 4.98. The Hall–Kier alpha value is -2.45. The first-order valence-corrected chi connectivity index (χ1v) is 11.1. The molecule has 8 heteroatoms. The van der Waals surface area contributed by atoms with Crippen LogP contribution in [0.3, 0.4) is 0 Å². The summed E-state index contributed by atoms with van der Waals surface area (Å²) in [5, 5.41) is 9.59. The lowest BCUT2D eigenvalue weighted by atomic mass is 10.1. The van der Waals surface area contributed by atoms with Crippen LogP contribution in [0.2, 0.25) is 0 Å². The molecule has 2 aromatic heterocycles. The molecule has 144 valence electrons. The van der Waals surface area contributed by atoms with Crippen molar-refractivity contribution in [1.29, 1.82) is 0 Å². The van der Waals surface area contributed by atoms with Gasteiger partial charge in [-0.3, -0.25) is 9.89 Å². The minimum Gasteiger partial charge on any atom is -0.454 e. The average Bonchev–Trinajstić information content (AvgIpc) is 3.45. The third kappa shape index (κ3) is 3.38. The molecule has 0 spiro atoms. The Morgan fingerprint density at radius 2 is 2.11 bits per heavy atom. The number of hydrogen-bond donors (Lipinski definition) is 1. The number of H-pyrrole nitrogens is 1. The van der Waals surface area contributed by atoms with E-state index in [-0.39, 0.29) is 12.7 Å². The zero-order chi connectivity index (χ0) is 18.9. The number of fused-ring (bicyclic) bond motifs is 1. The molecule has 1 fully saturated rings. The third-order valence-corrected chi connectivity index (χ3v) is 7.21. The highest BCUT2D eigenvalue weighted by Crippen LogP contribution is 2.40. The Morgan fingerprint density at radius 1 is 1.18 bits per heavy atom. The van der Waals surface area contributed by atoms with E-state index in [0.717, 1.165) is 40.8 Å². The average molecular weight is 414 g/mol. The number of nitrogens with zero attached hydrogens (tertiary/aromatic N) is 2. The van der Waals surface area contributed by atoms with Gasteiger partial charge in [-0.25, -0.2) is 0 Å². The van der Waals surface area contributed by atoms with Crippen LogP contribution in [0.4, 0.5) is 0 Å². The highest BCUT2D eigenvalue weighted by Gasteiger charge is 2.25. The number of nitrogens with one attached hydrogen (secondary N) is 1. The second kappa shape index (κ2) is 7.52. The molecular weight excluding hydrogens is 394 g/mol. The smallest absolute Gasteiger partial charge is 0.274 e. The van der Waals surface area contributed by atoms with E-state index in [1.54, 1.807) is 11.3 Å². The first kappa shape index (κ1) is 17.6. The molecule has 0 aliphatic carbocycles. The van der Waals surface area contributed by atoms with Crippen LogP contribution in [0.5, 0.6) is 11.5 Å². The summed E-state index contributed by atoms with van der Waals surface area (Å²) in [4.78, 5) is 15.9. The lowest BCUT2D eigenvalue weighted by Gasteiger charge is -2.19. The van der Waals surface area contributed by atoms with Crippen LogP contribution in [-0.4, -0.2) is 46.6 Å². The van der Waals surface area contributed by atoms with Crippen molar-refractivity contribution in [2.45, 2.75) is 11.7 Å². The SMILES string of the molecule is O=C(c1cc(-c2cccs2)[nH]n1)N1CCSC(c2ccc3c(c2)OCO3)CC1. The summed E-state index contributed by atoms with van der Waals surface area (Å²) >= 11 is 3.51. The fourth-order valence-electron chi connectivity index (χ4n) is 3.50. The van der Waals surface area contributed by atoms with Crippen LogP contribution in [0, 0.1) is 0 Å². The quantitative estimate of drug-likeness (QED) is 0.697. The molecule has 5 rings (SSSR count). The van der Waals surface area contributed by atoms with Crippen molar-refractivity contribution >= 4 is 29.0 Å². The van der Waals surface area contributed by atoms with Crippen LogP contribution < -0.4 is 9.47 Å². The Labute approximate surface area is 170 Å². The van der Waals surface area contributed by atoms with Crippen molar-refractivity contribution in [3.05, 3.63) is 53.0 Å². The molecule has 3 aromatic rings. The van der Waals surface area contributed by atoms with Gasteiger partial charge in [-0.1, -0.05) is 12.1 Å². The lowest BCUT2D eigenvalue weighted by Crippen LogP contribution is -2.33. The second-order valence-corrected chi connectivity index (χ2v) is 8.96. The summed E-state index contributed by atoms with van der Waals surface area (Å²) in [6.07, 6.45) is 0.901. The molecule has 1 aromatic carbocycles. The second-order valence-electron chi connectivity index (χ2n) is 6.70. The molecule has 1 amide bonds. The molecule has 1 N–H and O–H groups in total. The molecule has 2 aliphatic heterocycles. The van der Waals surface area contributed by atoms with Crippen molar-refractivity contribution in [3.8, 4) is 22.1 Å². The van der Waals surface area contributed by atoms with Crippen molar-refractivity contribution in [1.82, 2.24) is 15.1 Å². The number of carbonyl (C=O) groups is 1. The molecule has 1 atom stereocenters. The van der Waals surface area contributed by atoms with Gasteiger partial charge in [-0.05, 0) is 41.6 Å². The predicted molar refractivity (Wildman–Crippen MR) is 110 cm³/mol. The van der Waals surface area contributed by atoms with E-state index in [1.807, 2.05) is 46.3 Å². The van der Waals surface area contributed by atoms with Crippen LogP contribution in [0.25, 0.3) is 10.6 Å². The van der Waals surface area contributed by atoms with Crippen molar-refractivity contribution < 1.29 is 14.3 Å². The van der Waals surface area contributed by atoms with Crippen LogP contribution in [0.15, 0.2) is 41.8 Å². The minimum atomic E-state index is -0.00834. The van der Waals surface area contributed by atoms with Crippen molar-refractivity contribution in [3.63, 3.8) is 0 Å². The van der Waals surface area contributed by atoms with E-state index < -0.39 is 0 Å². The molecule has 1 unspecified atom stereocenters. The summed E-state index contributed by atoms with van der Waals surface area (Å²) in [5.41, 5.74) is 2.60. The fraction of sp³-hybridized carbons (Fsp3) is 0.300. The normalized spacial score (nSPS) is 18.9. The van der Waals surface area contributed by atoms with Gasteiger partial charge in [0.2, 0.25) is 6.79 Å². The van der Waals surface area contributed by atoms with Gasteiger partial charge in [0.25, 0.3) is 5.91 Å². The number of ether oxygens (including phenoxy) is 2. The van der Waals surface area contributed by atoms with E-state index in [4.69, 9.17) is 9.47 Å². The summed E-state index contributed by atoms with van der Waals surface area (Å²) in [6.45, 7) is 1.73. The van der Waals surface area contributed by atoms with Gasteiger partial charge in [0, 0.05) is 24.1 Å². The molecule has 28 heavy (non-hydrogen) atoms. The van der Waals surface area contributed by atoms with Crippen LogP contribution in [-0.2, 0) is 0 Å². The van der Waals surface area contributed by atoms with E-state index in [0.29, 0.717) is 17.5 Å². The Morgan fingerprint density at radius 3 is 3.00 bits per heavy atom. The van der Waals surface area contributed by atoms with E-state index in [2.05, 4.69) is 22.3 Å². The molecular formula is C20H19N3O3S2. The van der Waals surface area contributed by atoms with Gasteiger partial charge in [0.1, 0.15) is 0 Å². The molecule has 0 bridgehead atoms. The number of thioether (sulfide) groups is 1. The van der Waals surface area contributed by atoms with E-state index >= 15 is 0 Å². The predicted octanol–water partition coefficient (Wildman–Crippen LogP) is 4.19. The molecule has 4 heterocycles. The summed E-state index contributed by atoms with van der Waals surface area (Å²) in [5.74, 6) is 2.51. The molecule has 0 radical (unpaired) electrons. The maximum atomic E-state index is 12.9. The zero-order valence-electron chi connectivity index (χ0n) is 15.1. The molecule has 6 nitrogen and oxygen atoms in total. The summed E-state index contributed by atoms with van der Waals surface area (Å²) in [7, 11) is 0. The van der Waals surface area contributed by atoms with Crippen LogP contribution >= 0.6 is 23.1 Å². The number of rotatable bonds is 3. The fourth-order valence-corrected chi connectivity index (χ4v) is 5.42. The molecule has 2 aliphatic rings. The summed E-state index contributed by atoms with van der Waals surface area (Å²) < 4.78 is 10.9. The van der Waals surface area contributed by atoms with E-state index in [9.17, 15) is 4.79 Å². The summed E-state index contributed by atoms with van der Waals surface area (Å²) in [6, 6.07) is 12.0. The number of aromatic nitrogens is 2. The Kier molecular flexibility index (Phi) is 4.74. The first-order chi connectivity index (χ1) is 13.8. The van der Waals surface area contributed by atoms with E-state index in [1.165, 1.54) is 5.56 Å². The lowest BCUT2D eigenvalue weighted by molar-refractivity contribution is 0.0760. The van der Waals surface area contributed by atoms with Gasteiger partial charge in [0.15, 0.2) is 17.2 Å². The van der Waals surface area contributed by atoms with Crippen molar-refractivity contribution in [2.24, 2.45) is 0 Å². The van der Waals surface area contributed by atoms with Gasteiger partial charge in [0.05, 0.1) is 10.6 Å². The maximum Gasteiger partial charge on any atom is 0.274 e. The largest absolute Gasteiger partial charge is 0.454 e. The number of thiophene rings is 1. The Bertz CT molecular complexity index is 987. The standard InChI is InChI=1S/C20H19N3O3S2/c24-20(15-11-14(21-22-15)19-2-1-8-27-19)23-6-5-18(28-9-7-23)13-3-4-16-17(10-13)26-12-25-16/h1-4,8,10-11,18H,5-7,9,12H2,(H,21,22). The zero-order valence-corrected chi connectivity index (χ0v) is 16.7. The topological polar surface area (TPSA) is 67.5 Å². The molecule has 0 saturated carbocycles. The van der Waals surface area contributed by atoms with Gasteiger partial charge in [-0.2, -0.15) is 16.9 Å². The molecule has 1 saturated heterocycles. The van der Waals surface area contributed by atoms with Gasteiger partial charge >= 0.3 is 0 Å². The van der Waals surface area contributed by atoms with Gasteiger partial charge in [-0.15, -0.1) is 11.3 Å². The first-order valence-electron chi connectivity index (χ1n) is 9.17. The number of amides is 1. The Balaban J connectivity index is 1.27. The number of carbonyl (C=O) groups excluding carboxylic acids is 1. The highest BCUT2D eigenvalue weighted by atomic mass is 32.2. The monoisotopic (exact) mass is 413 g/mol. The van der Waals surface area contributed by atoms with Crippen LogP contribution in [0.1, 0.15) is 27.7 Å². The van der Waals surface area contributed by atoms with Crippen molar-refractivity contribution in [2.75, 3.05) is 25.6 Å². The maximum absolute atomic E-state index is 12.9. The number of aromatic amines is 1. The van der Waals surface area contributed by atoms with Gasteiger partial charge < -0.3 is 14.4 Å². The number of benzene rings is 1. The number of hydrogen-bond acceptors (Lipinski definition) is 6. The minimum absolute atomic E-state index is 0.00834.